The Morgan fingerprint density at radius 2 is 2.05 bits per heavy atom. The second-order valence-electron chi connectivity index (χ2n) is 4.06. The van der Waals surface area contributed by atoms with Gasteiger partial charge in [0.25, 0.3) is 0 Å². The van der Waals surface area contributed by atoms with Gasteiger partial charge in [0.1, 0.15) is 11.6 Å². The number of ether oxygens (including phenoxy) is 1. The minimum Gasteiger partial charge on any atom is -0.496 e. The number of para-hydroxylation sites is 1. The molecule has 0 spiro atoms. The zero-order chi connectivity index (χ0) is 14.5. The van der Waals surface area contributed by atoms with E-state index in [2.05, 4.69) is 0 Å². The number of methoxy groups -OCH3 is 1. The van der Waals surface area contributed by atoms with E-state index in [0.29, 0.717) is 5.75 Å². The first-order valence-corrected chi connectivity index (χ1v) is 6.88. The molecule has 2 rings (SSSR count). The molecule has 3 nitrogen and oxygen atoms in total. The third-order valence-corrected chi connectivity index (χ3v) is 3.85. The summed E-state index contributed by atoms with van der Waals surface area (Å²) in [6.07, 6.45) is 0. The minimum absolute atomic E-state index is 0.309. The smallest absolute Gasteiger partial charge is 0.338 e. The summed E-state index contributed by atoms with van der Waals surface area (Å²) in [5.74, 6) is -0.667. The normalized spacial score (nSPS) is 10.3. The van der Waals surface area contributed by atoms with Gasteiger partial charge in [0.15, 0.2) is 0 Å². The van der Waals surface area contributed by atoms with Crippen molar-refractivity contribution < 1.29 is 19.0 Å². The Hall–Kier alpha value is -2.01. The van der Waals surface area contributed by atoms with Crippen molar-refractivity contribution in [2.75, 3.05) is 7.11 Å². The highest BCUT2D eigenvalue weighted by atomic mass is 32.2. The summed E-state index contributed by atoms with van der Waals surface area (Å²) in [6, 6.07) is 11.7. The molecule has 0 saturated heterocycles. The van der Waals surface area contributed by atoms with Gasteiger partial charge in [-0.15, -0.1) is 11.8 Å². The van der Waals surface area contributed by atoms with Gasteiger partial charge in [0, 0.05) is 10.6 Å². The van der Waals surface area contributed by atoms with Crippen molar-refractivity contribution in [1.82, 2.24) is 0 Å². The highest BCUT2D eigenvalue weighted by molar-refractivity contribution is 7.98. The number of hydrogen-bond donors (Lipinski definition) is 1. The standard InChI is InChI=1S/C15H13FO3S/c1-19-13-4-2-3-5-14(13)20-9-10-6-7-11(15(17)18)12(16)8-10/h2-8H,9H2,1H3,(H,17,18). The fourth-order valence-electron chi connectivity index (χ4n) is 1.72. The monoisotopic (exact) mass is 292 g/mol. The Balaban J connectivity index is 2.11. The molecule has 0 radical (unpaired) electrons. The van der Waals surface area contributed by atoms with Gasteiger partial charge in [-0.25, -0.2) is 9.18 Å². The molecule has 0 heterocycles. The van der Waals surface area contributed by atoms with E-state index in [1.165, 1.54) is 23.9 Å². The number of thioether (sulfide) groups is 1. The van der Waals surface area contributed by atoms with Gasteiger partial charge in [0.2, 0.25) is 0 Å². The largest absolute Gasteiger partial charge is 0.496 e. The van der Waals surface area contributed by atoms with E-state index in [0.717, 1.165) is 16.2 Å². The Morgan fingerprint density at radius 1 is 1.30 bits per heavy atom. The van der Waals surface area contributed by atoms with E-state index < -0.39 is 11.8 Å². The van der Waals surface area contributed by atoms with Crippen LogP contribution in [0.15, 0.2) is 47.4 Å². The van der Waals surface area contributed by atoms with Crippen LogP contribution in [-0.2, 0) is 5.75 Å². The van der Waals surface area contributed by atoms with Crippen LogP contribution in [0.25, 0.3) is 0 Å². The predicted octanol–water partition coefficient (Wildman–Crippen LogP) is 3.82. The lowest BCUT2D eigenvalue weighted by Gasteiger charge is -2.08. The van der Waals surface area contributed by atoms with Gasteiger partial charge in [0.05, 0.1) is 12.7 Å². The lowest BCUT2D eigenvalue weighted by molar-refractivity contribution is 0.0692. The third kappa shape index (κ3) is 3.30. The van der Waals surface area contributed by atoms with Crippen LogP contribution >= 0.6 is 11.8 Å². The maximum atomic E-state index is 13.6. The van der Waals surface area contributed by atoms with E-state index >= 15 is 0 Å². The summed E-state index contributed by atoms with van der Waals surface area (Å²) in [5, 5.41) is 8.77. The fourth-order valence-corrected chi connectivity index (χ4v) is 2.69. The van der Waals surface area contributed by atoms with Crippen LogP contribution in [0.3, 0.4) is 0 Å². The third-order valence-electron chi connectivity index (χ3n) is 2.73. The summed E-state index contributed by atoms with van der Waals surface area (Å²) >= 11 is 1.51. The molecule has 5 heteroatoms. The number of aromatic carboxylic acids is 1. The van der Waals surface area contributed by atoms with Gasteiger partial charge < -0.3 is 9.84 Å². The van der Waals surface area contributed by atoms with Gasteiger partial charge in [-0.2, -0.15) is 0 Å². The average Bonchev–Trinajstić information content (AvgIpc) is 2.45. The lowest BCUT2D eigenvalue weighted by Crippen LogP contribution is -2.00. The first kappa shape index (κ1) is 14.4. The number of benzene rings is 2. The van der Waals surface area contributed by atoms with E-state index in [9.17, 15) is 9.18 Å². The van der Waals surface area contributed by atoms with Crippen LogP contribution in [-0.4, -0.2) is 18.2 Å². The molecule has 2 aromatic carbocycles. The number of rotatable bonds is 5. The van der Waals surface area contributed by atoms with E-state index in [1.54, 1.807) is 13.2 Å². The highest BCUT2D eigenvalue weighted by Crippen LogP contribution is 2.31. The van der Waals surface area contributed by atoms with E-state index in [4.69, 9.17) is 9.84 Å². The van der Waals surface area contributed by atoms with Crippen molar-refractivity contribution >= 4 is 17.7 Å². The SMILES string of the molecule is COc1ccccc1SCc1ccc(C(=O)O)c(F)c1. The number of carbonyl (C=O) groups is 1. The van der Waals surface area contributed by atoms with Crippen molar-refractivity contribution in [2.45, 2.75) is 10.6 Å². The molecule has 0 saturated carbocycles. The van der Waals surface area contributed by atoms with Crippen molar-refractivity contribution in [2.24, 2.45) is 0 Å². The molecule has 2 aromatic rings. The molecule has 0 bridgehead atoms. The first-order valence-electron chi connectivity index (χ1n) is 5.89. The molecule has 1 N–H and O–H groups in total. The van der Waals surface area contributed by atoms with Crippen molar-refractivity contribution in [3.05, 3.63) is 59.4 Å². The summed E-state index contributed by atoms with van der Waals surface area (Å²) in [5.41, 5.74) is 0.416. The Bertz CT molecular complexity index is 628. The second kappa shape index (κ2) is 6.43. The van der Waals surface area contributed by atoms with Gasteiger partial charge in [-0.3, -0.25) is 0 Å². The molecule has 0 amide bonds. The topological polar surface area (TPSA) is 46.5 Å². The number of carboxylic acid groups (broad SMARTS) is 1. The van der Waals surface area contributed by atoms with Crippen LogP contribution in [0, 0.1) is 5.82 Å². The highest BCUT2D eigenvalue weighted by Gasteiger charge is 2.11. The summed E-state index contributed by atoms with van der Waals surface area (Å²) in [6.45, 7) is 0. The summed E-state index contributed by atoms with van der Waals surface area (Å²) in [7, 11) is 1.60. The van der Waals surface area contributed by atoms with Crippen LogP contribution < -0.4 is 4.74 Å². The number of carboxylic acids is 1. The number of halogens is 1. The average molecular weight is 292 g/mol. The van der Waals surface area contributed by atoms with Crippen LogP contribution in [0.4, 0.5) is 4.39 Å². The molecule has 0 atom stereocenters. The first-order chi connectivity index (χ1) is 9.61. The van der Waals surface area contributed by atoms with Gasteiger partial charge in [-0.1, -0.05) is 18.2 Å². The molecular weight excluding hydrogens is 279 g/mol. The zero-order valence-electron chi connectivity index (χ0n) is 10.8. The Labute approximate surface area is 120 Å². The van der Waals surface area contributed by atoms with Crippen LogP contribution in [0.2, 0.25) is 0 Å². The fraction of sp³-hybridized carbons (Fsp3) is 0.133. The molecule has 104 valence electrons. The van der Waals surface area contributed by atoms with E-state index in [1.807, 2.05) is 24.3 Å². The second-order valence-corrected chi connectivity index (χ2v) is 5.08. The summed E-state index contributed by atoms with van der Waals surface area (Å²) < 4.78 is 18.8. The van der Waals surface area contributed by atoms with Gasteiger partial charge >= 0.3 is 5.97 Å². The quantitative estimate of drug-likeness (QED) is 0.851. The van der Waals surface area contributed by atoms with Gasteiger partial charge in [-0.05, 0) is 29.8 Å². The molecule has 0 aromatic heterocycles. The molecule has 0 aliphatic heterocycles. The lowest BCUT2D eigenvalue weighted by atomic mass is 10.1. The molecule has 0 fully saturated rings. The number of hydrogen-bond acceptors (Lipinski definition) is 3. The Morgan fingerprint density at radius 3 is 2.70 bits per heavy atom. The van der Waals surface area contributed by atoms with Crippen LogP contribution in [0.5, 0.6) is 5.75 Å². The predicted molar refractivity (Wildman–Crippen MR) is 75.9 cm³/mol. The molecule has 20 heavy (non-hydrogen) atoms. The zero-order valence-corrected chi connectivity index (χ0v) is 11.6. The molecule has 0 aliphatic carbocycles. The van der Waals surface area contributed by atoms with Crippen molar-refractivity contribution in [3.8, 4) is 5.75 Å². The molecular formula is C15H13FO3S. The Kier molecular flexibility index (Phi) is 4.63. The van der Waals surface area contributed by atoms with Crippen LogP contribution in [0.1, 0.15) is 15.9 Å². The molecule has 0 unspecified atom stereocenters. The maximum Gasteiger partial charge on any atom is 0.338 e. The minimum atomic E-state index is -1.26. The van der Waals surface area contributed by atoms with E-state index in [-0.39, 0.29) is 5.56 Å². The van der Waals surface area contributed by atoms with Crippen molar-refractivity contribution in [1.29, 1.82) is 0 Å². The summed E-state index contributed by atoms with van der Waals surface area (Å²) in [4.78, 5) is 11.7. The maximum absolute atomic E-state index is 13.6. The van der Waals surface area contributed by atoms with Crippen molar-refractivity contribution in [3.63, 3.8) is 0 Å². The molecule has 0 aliphatic rings.